The van der Waals surface area contributed by atoms with Gasteiger partial charge in [-0.15, -0.1) is 0 Å². The first-order valence-corrected chi connectivity index (χ1v) is 11.3. The Morgan fingerprint density at radius 1 is 1.00 bits per heavy atom. The Kier molecular flexibility index (Phi) is 5.89. The van der Waals surface area contributed by atoms with Crippen LogP contribution in [0.1, 0.15) is 25.7 Å². The largest absolute Gasteiger partial charge is 0.396 e. The van der Waals surface area contributed by atoms with E-state index in [0.29, 0.717) is 22.9 Å². The van der Waals surface area contributed by atoms with Gasteiger partial charge in [0.05, 0.1) is 24.4 Å². The fourth-order valence-electron chi connectivity index (χ4n) is 4.70. The van der Waals surface area contributed by atoms with Crippen molar-refractivity contribution in [3.05, 3.63) is 41.9 Å². The van der Waals surface area contributed by atoms with Crippen molar-refractivity contribution >= 4 is 34.0 Å². The summed E-state index contributed by atoms with van der Waals surface area (Å²) in [7, 11) is 0. The topological polar surface area (TPSA) is 89.2 Å². The Bertz CT molecular complexity index is 1060. The van der Waals surface area contributed by atoms with E-state index in [-0.39, 0.29) is 0 Å². The number of halogens is 1. The Morgan fingerprint density at radius 3 is 2.58 bits per heavy atom. The molecule has 1 aliphatic carbocycles. The van der Waals surface area contributed by atoms with Gasteiger partial charge in [-0.25, -0.2) is 15.0 Å². The molecule has 0 bridgehead atoms. The molecule has 0 spiro atoms. The quantitative estimate of drug-likeness (QED) is 0.595. The smallest absolute Gasteiger partial charge is 0.151 e. The molecule has 0 atom stereocenters. The molecule has 2 fully saturated rings. The maximum absolute atomic E-state index is 5.98. The number of fused-ring (bicyclic) bond motifs is 1. The normalized spacial score (nSPS) is 22.5. The summed E-state index contributed by atoms with van der Waals surface area (Å²) in [5.41, 5.74) is 9.27. The number of pyridine rings is 1. The third-order valence-corrected chi connectivity index (χ3v) is 6.75. The van der Waals surface area contributed by atoms with Gasteiger partial charge in [0.15, 0.2) is 5.15 Å². The van der Waals surface area contributed by atoms with E-state index in [2.05, 4.69) is 31.2 Å². The predicted octanol–water partition coefficient (Wildman–Crippen LogP) is 3.98. The zero-order valence-electron chi connectivity index (χ0n) is 17.4. The van der Waals surface area contributed by atoms with E-state index in [1.54, 1.807) is 12.5 Å². The first-order valence-electron chi connectivity index (χ1n) is 10.9. The fraction of sp³-hybridized carbons (Fsp3) is 0.435. The average molecular weight is 439 g/mol. The van der Waals surface area contributed by atoms with Crippen LogP contribution in [0.15, 0.2) is 36.8 Å². The van der Waals surface area contributed by atoms with Crippen LogP contribution in [0.5, 0.6) is 0 Å². The number of ether oxygens (including phenoxy) is 1. The van der Waals surface area contributed by atoms with Crippen LogP contribution < -0.4 is 11.1 Å². The van der Waals surface area contributed by atoms with Crippen LogP contribution in [0.3, 0.4) is 0 Å². The molecule has 5 rings (SSSR count). The number of hydrogen-bond donors (Lipinski definition) is 2. The molecule has 8 heteroatoms. The first kappa shape index (κ1) is 20.4. The minimum atomic E-state index is 0.322. The van der Waals surface area contributed by atoms with Gasteiger partial charge in [0.25, 0.3) is 0 Å². The molecule has 0 radical (unpaired) electrons. The van der Waals surface area contributed by atoms with Gasteiger partial charge in [0.1, 0.15) is 12.1 Å². The summed E-state index contributed by atoms with van der Waals surface area (Å²) >= 11 is 5.98. The van der Waals surface area contributed by atoms with Crippen LogP contribution in [0, 0.1) is 0 Å². The number of rotatable bonds is 4. The lowest BCUT2D eigenvalue weighted by molar-refractivity contribution is 0.00791. The Hall–Kier alpha value is -2.48. The third kappa shape index (κ3) is 4.44. The molecule has 3 aromatic rings. The lowest BCUT2D eigenvalue weighted by atomic mass is 9.90. The minimum absolute atomic E-state index is 0.322. The molecule has 0 unspecified atom stereocenters. The van der Waals surface area contributed by atoms with Gasteiger partial charge in [-0.05, 0) is 49.4 Å². The fourth-order valence-corrected chi connectivity index (χ4v) is 4.80. The minimum Gasteiger partial charge on any atom is -0.396 e. The highest BCUT2D eigenvalue weighted by molar-refractivity contribution is 6.31. The molecule has 3 heterocycles. The lowest BCUT2D eigenvalue weighted by Crippen LogP contribution is -2.46. The standard InChI is InChI=1S/C23H27ClN6O/c24-22-20(25)12-16(13-26-22)15-1-6-21-19(11-15)23(28-14-27-21)29-17-2-4-18(5-3-17)30-7-9-31-10-8-30/h1,6,11-14,17-18H,2-5,7-10,25H2,(H,27,28,29)/t17-,18-. The molecule has 1 saturated carbocycles. The van der Waals surface area contributed by atoms with Crippen LogP contribution in [0.4, 0.5) is 11.5 Å². The summed E-state index contributed by atoms with van der Waals surface area (Å²) in [6.45, 7) is 3.85. The molecular formula is C23H27ClN6O. The van der Waals surface area contributed by atoms with Gasteiger partial charge in [0.2, 0.25) is 0 Å². The zero-order valence-corrected chi connectivity index (χ0v) is 18.2. The van der Waals surface area contributed by atoms with Crippen LogP contribution in [0.2, 0.25) is 5.15 Å². The van der Waals surface area contributed by atoms with Crippen LogP contribution in [0.25, 0.3) is 22.0 Å². The molecular weight excluding hydrogens is 412 g/mol. The number of hydrogen-bond acceptors (Lipinski definition) is 7. The summed E-state index contributed by atoms with van der Waals surface area (Å²) in [5.74, 6) is 0.886. The molecule has 31 heavy (non-hydrogen) atoms. The summed E-state index contributed by atoms with van der Waals surface area (Å²) in [5, 5.41) is 5.02. The van der Waals surface area contributed by atoms with E-state index >= 15 is 0 Å². The van der Waals surface area contributed by atoms with Crippen molar-refractivity contribution in [3.63, 3.8) is 0 Å². The van der Waals surface area contributed by atoms with Gasteiger partial charge >= 0.3 is 0 Å². The number of aromatic nitrogens is 3. The van der Waals surface area contributed by atoms with Crippen LogP contribution in [-0.2, 0) is 4.74 Å². The highest BCUT2D eigenvalue weighted by Gasteiger charge is 2.27. The van der Waals surface area contributed by atoms with E-state index in [1.807, 2.05) is 18.2 Å². The molecule has 1 aromatic carbocycles. The van der Waals surface area contributed by atoms with Crippen molar-refractivity contribution in [1.29, 1.82) is 0 Å². The third-order valence-electron chi connectivity index (χ3n) is 6.43. The van der Waals surface area contributed by atoms with Gasteiger partial charge < -0.3 is 15.8 Å². The number of nitrogen functional groups attached to an aromatic ring is 1. The second-order valence-electron chi connectivity index (χ2n) is 8.36. The lowest BCUT2D eigenvalue weighted by Gasteiger charge is -2.39. The molecule has 1 aliphatic heterocycles. The molecule has 2 aliphatic rings. The Balaban J connectivity index is 1.33. The van der Waals surface area contributed by atoms with Crippen molar-refractivity contribution < 1.29 is 4.74 Å². The number of benzene rings is 1. The first-order chi connectivity index (χ1) is 15.2. The maximum Gasteiger partial charge on any atom is 0.151 e. The highest BCUT2D eigenvalue weighted by atomic mass is 35.5. The van der Waals surface area contributed by atoms with E-state index in [1.165, 1.54) is 12.8 Å². The monoisotopic (exact) mass is 438 g/mol. The molecule has 1 saturated heterocycles. The SMILES string of the molecule is Nc1cc(-c2ccc3ncnc(N[C@H]4CC[C@H](N5CCOCC5)CC4)c3c2)cnc1Cl. The van der Waals surface area contributed by atoms with Crippen molar-refractivity contribution in [2.75, 3.05) is 37.4 Å². The average Bonchev–Trinajstić information content (AvgIpc) is 2.82. The van der Waals surface area contributed by atoms with E-state index in [9.17, 15) is 0 Å². The molecule has 0 amide bonds. The van der Waals surface area contributed by atoms with Gasteiger partial charge in [-0.1, -0.05) is 17.7 Å². The van der Waals surface area contributed by atoms with Crippen molar-refractivity contribution in [3.8, 4) is 11.1 Å². The zero-order chi connectivity index (χ0) is 21.2. The molecule has 162 valence electrons. The summed E-state index contributed by atoms with van der Waals surface area (Å²) in [6, 6.07) is 9.08. The second kappa shape index (κ2) is 8.94. The summed E-state index contributed by atoms with van der Waals surface area (Å²) in [6.07, 6.45) is 8.08. The van der Waals surface area contributed by atoms with Crippen LogP contribution >= 0.6 is 11.6 Å². The Labute approximate surface area is 187 Å². The number of nitrogens with zero attached hydrogens (tertiary/aromatic N) is 4. The predicted molar refractivity (Wildman–Crippen MR) is 124 cm³/mol. The van der Waals surface area contributed by atoms with Crippen molar-refractivity contribution in [2.45, 2.75) is 37.8 Å². The van der Waals surface area contributed by atoms with Crippen molar-refractivity contribution in [1.82, 2.24) is 19.9 Å². The van der Waals surface area contributed by atoms with Crippen molar-refractivity contribution in [2.24, 2.45) is 0 Å². The maximum atomic E-state index is 5.98. The summed E-state index contributed by atoms with van der Waals surface area (Å²) in [4.78, 5) is 15.8. The highest BCUT2D eigenvalue weighted by Crippen LogP contribution is 2.31. The molecule has 2 aromatic heterocycles. The number of nitrogens with two attached hydrogens (primary N) is 1. The van der Waals surface area contributed by atoms with Gasteiger partial charge in [-0.3, -0.25) is 4.90 Å². The summed E-state index contributed by atoms with van der Waals surface area (Å²) < 4.78 is 5.50. The number of nitrogens with one attached hydrogen (secondary N) is 1. The molecule has 7 nitrogen and oxygen atoms in total. The van der Waals surface area contributed by atoms with Gasteiger partial charge in [-0.2, -0.15) is 0 Å². The number of morpholine rings is 1. The number of anilines is 2. The second-order valence-corrected chi connectivity index (χ2v) is 8.71. The van der Waals surface area contributed by atoms with E-state index in [4.69, 9.17) is 22.1 Å². The van der Waals surface area contributed by atoms with E-state index in [0.717, 1.165) is 67.0 Å². The molecule has 3 N–H and O–H groups in total. The van der Waals surface area contributed by atoms with E-state index < -0.39 is 0 Å². The van der Waals surface area contributed by atoms with Crippen LogP contribution in [-0.4, -0.2) is 58.2 Å². The Morgan fingerprint density at radius 2 is 1.81 bits per heavy atom. The van der Waals surface area contributed by atoms with Gasteiger partial charge in [0, 0.05) is 42.3 Å².